The molecule has 1 N–H and O–H groups in total. The van der Waals surface area contributed by atoms with Crippen molar-refractivity contribution in [3.05, 3.63) is 35.0 Å². The molecular weight excluding hydrogens is 258 g/mol. The quantitative estimate of drug-likeness (QED) is 0.871. The number of hydrogen-bond acceptors (Lipinski definition) is 2. The van der Waals surface area contributed by atoms with Crippen molar-refractivity contribution in [1.29, 1.82) is 0 Å². The molecule has 0 saturated carbocycles. The van der Waals surface area contributed by atoms with E-state index < -0.39 is 11.6 Å². The summed E-state index contributed by atoms with van der Waals surface area (Å²) >= 11 is 0. The predicted molar refractivity (Wildman–Crippen MR) is 79.3 cm³/mol. The van der Waals surface area contributed by atoms with Crippen molar-refractivity contribution in [1.82, 2.24) is 4.98 Å². The van der Waals surface area contributed by atoms with E-state index in [9.17, 15) is 8.78 Å². The van der Waals surface area contributed by atoms with Crippen LogP contribution in [0.3, 0.4) is 0 Å². The summed E-state index contributed by atoms with van der Waals surface area (Å²) in [7, 11) is 0. The van der Waals surface area contributed by atoms with Crippen LogP contribution in [0.15, 0.2) is 12.1 Å². The molecule has 20 heavy (non-hydrogen) atoms. The van der Waals surface area contributed by atoms with Gasteiger partial charge in [-0.3, -0.25) is 0 Å². The van der Waals surface area contributed by atoms with Crippen LogP contribution in [0.4, 0.5) is 14.5 Å². The topological polar surface area (TPSA) is 24.9 Å². The van der Waals surface area contributed by atoms with Crippen molar-refractivity contribution in [2.75, 3.05) is 11.9 Å². The second kappa shape index (κ2) is 5.73. The van der Waals surface area contributed by atoms with Crippen molar-refractivity contribution in [3.8, 4) is 0 Å². The number of fused-ring (bicyclic) bond motifs is 1. The van der Waals surface area contributed by atoms with Gasteiger partial charge in [0.1, 0.15) is 17.2 Å². The van der Waals surface area contributed by atoms with Crippen molar-refractivity contribution in [3.63, 3.8) is 0 Å². The first-order valence-electron chi connectivity index (χ1n) is 6.99. The van der Waals surface area contributed by atoms with Crippen LogP contribution < -0.4 is 5.32 Å². The second-order valence-electron chi connectivity index (χ2n) is 5.32. The Morgan fingerprint density at radius 3 is 2.45 bits per heavy atom. The Balaban J connectivity index is 2.84. The number of nitrogens with one attached hydrogen (secondary N) is 1. The Morgan fingerprint density at radius 1 is 1.20 bits per heavy atom. The normalized spacial score (nSPS) is 11.3. The van der Waals surface area contributed by atoms with E-state index in [1.165, 1.54) is 0 Å². The third kappa shape index (κ3) is 2.47. The first kappa shape index (κ1) is 14.7. The molecule has 2 aromatic rings. The fraction of sp³-hybridized carbons (Fsp3) is 0.438. The van der Waals surface area contributed by atoms with Crippen molar-refractivity contribution < 1.29 is 8.78 Å². The summed E-state index contributed by atoms with van der Waals surface area (Å²) in [5.74, 6) is -0.734. The zero-order valence-corrected chi connectivity index (χ0v) is 12.3. The first-order valence-corrected chi connectivity index (χ1v) is 6.99. The van der Waals surface area contributed by atoms with Gasteiger partial charge in [-0.2, -0.15) is 0 Å². The highest BCUT2D eigenvalue weighted by atomic mass is 19.1. The first-order chi connectivity index (χ1) is 9.47. The predicted octanol–water partition coefficient (Wildman–Crippen LogP) is 4.77. The lowest BCUT2D eigenvalue weighted by Gasteiger charge is -2.19. The lowest BCUT2D eigenvalue weighted by Crippen LogP contribution is -2.09. The van der Waals surface area contributed by atoms with Gasteiger partial charge in [-0.25, -0.2) is 13.8 Å². The lowest BCUT2D eigenvalue weighted by molar-refractivity contribution is 0.614. The van der Waals surface area contributed by atoms with Gasteiger partial charge in [0.15, 0.2) is 0 Å². The van der Waals surface area contributed by atoms with E-state index in [0.717, 1.165) is 29.8 Å². The standard InChI is InChI=1S/C16H20F2N2/c1-5-8-19-16-13(9(2)3)10(4)20-15-12(18)7-6-11(17)14(15)16/h6-7,9H,5,8H2,1-4H3,(H,19,20). The number of nitrogens with zero attached hydrogens (tertiary/aromatic N) is 1. The maximum atomic E-state index is 14.2. The highest BCUT2D eigenvalue weighted by Crippen LogP contribution is 2.35. The van der Waals surface area contributed by atoms with Crippen LogP contribution in [0, 0.1) is 18.6 Å². The number of pyridine rings is 1. The molecule has 2 rings (SSSR count). The Kier molecular flexibility index (Phi) is 4.21. The van der Waals surface area contributed by atoms with Gasteiger partial charge in [-0.05, 0) is 37.0 Å². The fourth-order valence-corrected chi connectivity index (χ4v) is 2.57. The van der Waals surface area contributed by atoms with Crippen molar-refractivity contribution in [2.45, 2.75) is 40.0 Å². The zero-order chi connectivity index (χ0) is 14.9. The van der Waals surface area contributed by atoms with Gasteiger partial charge in [0.25, 0.3) is 0 Å². The molecule has 108 valence electrons. The molecule has 0 aliphatic heterocycles. The summed E-state index contributed by atoms with van der Waals surface area (Å²) in [5.41, 5.74) is 2.48. The Hall–Kier alpha value is -1.71. The van der Waals surface area contributed by atoms with E-state index in [2.05, 4.69) is 10.3 Å². The molecule has 0 unspecified atom stereocenters. The number of aromatic nitrogens is 1. The summed E-state index contributed by atoms with van der Waals surface area (Å²) in [6.45, 7) is 8.66. The fourth-order valence-electron chi connectivity index (χ4n) is 2.57. The van der Waals surface area contributed by atoms with E-state index in [0.29, 0.717) is 12.2 Å². The van der Waals surface area contributed by atoms with Gasteiger partial charge in [-0.1, -0.05) is 20.8 Å². The number of benzene rings is 1. The minimum Gasteiger partial charge on any atom is -0.384 e. The Bertz CT molecular complexity index is 636. The van der Waals surface area contributed by atoms with Crippen LogP contribution >= 0.6 is 0 Å². The summed E-state index contributed by atoms with van der Waals surface area (Å²) in [6.07, 6.45) is 0.914. The third-order valence-electron chi connectivity index (χ3n) is 3.40. The number of rotatable bonds is 4. The smallest absolute Gasteiger partial charge is 0.149 e. The van der Waals surface area contributed by atoms with Crippen molar-refractivity contribution in [2.24, 2.45) is 0 Å². The number of anilines is 1. The van der Waals surface area contributed by atoms with Gasteiger partial charge in [0.2, 0.25) is 0 Å². The van der Waals surface area contributed by atoms with Gasteiger partial charge in [-0.15, -0.1) is 0 Å². The van der Waals surface area contributed by atoms with Crippen LogP contribution in [0.5, 0.6) is 0 Å². The summed E-state index contributed by atoms with van der Waals surface area (Å²) in [6, 6.07) is 2.29. The molecule has 0 atom stereocenters. The second-order valence-corrected chi connectivity index (χ2v) is 5.32. The van der Waals surface area contributed by atoms with E-state index in [1.807, 2.05) is 27.7 Å². The molecule has 4 heteroatoms. The van der Waals surface area contributed by atoms with Crippen LogP contribution in [-0.4, -0.2) is 11.5 Å². The molecular formula is C16H20F2N2. The van der Waals surface area contributed by atoms with E-state index in [-0.39, 0.29) is 16.8 Å². The van der Waals surface area contributed by atoms with E-state index in [1.54, 1.807) is 0 Å². The Morgan fingerprint density at radius 2 is 1.85 bits per heavy atom. The monoisotopic (exact) mass is 278 g/mol. The van der Waals surface area contributed by atoms with Crippen LogP contribution in [0.2, 0.25) is 0 Å². The Labute approximate surface area is 118 Å². The van der Waals surface area contributed by atoms with Crippen LogP contribution in [0.25, 0.3) is 10.9 Å². The summed E-state index contributed by atoms with van der Waals surface area (Å²) in [5, 5.41) is 3.51. The molecule has 0 amide bonds. The van der Waals surface area contributed by atoms with Gasteiger partial charge >= 0.3 is 0 Å². The summed E-state index contributed by atoms with van der Waals surface area (Å²) in [4.78, 5) is 4.27. The highest BCUT2D eigenvalue weighted by molar-refractivity contribution is 5.94. The molecule has 1 aromatic carbocycles. The molecule has 0 radical (unpaired) electrons. The SMILES string of the molecule is CCCNc1c(C(C)C)c(C)nc2c(F)ccc(F)c12. The molecule has 0 aliphatic rings. The number of aryl methyl sites for hydroxylation is 1. The maximum Gasteiger partial charge on any atom is 0.149 e. The largest absolute Gasteiger partial charge is 0.384 e. The molecule has 0 aliphatic carbocycles. The van der Waals surface area contributed by atoms with E-state index in [4.69, 9.17) is 0 Å². The molecule has 1 heterocycles. The molecule has 0 saturated heterocycles. The molecule has 1 aromatic heterocycles. The zero-order valence-electron chi connectivity index (χ0n) is 12.3. The highest BCUT2D eigenvalue weighted by Gasteiger charge is 2.19. The minimum absolute atomic E-state index is 0.102. The maximum absolute atomic E-state index is 14.2. The van der Waals surface area contributed by atoms with Gasteiger partial charge in [0, 0.05) is 12.2 Å². The minimum atomic E-state index is -0.487. The lowest BCUT2D eigenvalue weighted by atomic mass is 9.96. The molecule has 0 bridgehead atoms. The van der Waals surface area contributed by atoms with Crippen molar-refractivity contribution >= 4 is 16.6 Å². The van der Waals surface area contributed by atoms with E-state index >= 15 is 0 Å². The van der Waals surface area contributed by atoms with Gasteiger partial charge < -0.3 is 5.32 Å². The third-order valence-corrected chi connectivity index (χ3v) is 3.40. The average molecular weight is 278 g/mol. The number of halogens is 2. The summed E-state index contributed by atoms with van der Waals surface area (Å²) < 4.78 is 28.1. The molecule has 0 fully saturated rings. The van der Waals surface area contributed by atoms with Gasteiger partial charge in [0.05, 0.1) is 11.1 Å². The molecule has 2 nitrogen and oxygen atoms in total. The number of hydrogen-bond donors (Lipinski definition) is 1. The van der Waals surface area contributed by atoms with Crippen LogP contribution in [0.1, 0.15) is 44.4 Å². The van der Waals surface area contributed by atoms with Crippen LogP contribution in [-0.2, 0) is 0 Å². The average Bonchev–Trinajstić information content (AvgIpc) is 2.39. The molecule has 0 spiro atoms.